The van der Waals surface area contributed by atoms with E-state index >= 15 is 0 Å². The number of pyridine rings is 1. The van der Waals surface area contributed by atoms with Gasteiger partial charge < -0.3 is 19.9 Å². The summed E-state index contributed by atoms with van der Waals surface area (Å²) < 4.78 is 18.6. The van der Waals surface area contributed by atoms with Gasteiger partial charge in [0.1, 0.15) is 11.6 Å². The van der Waals surface area contributed by atoms with Crippen LogP contribution in [0.3, 0.4) is 0 Å². The van der Waals surface area contributed by atoms with E-state index in [0.29, 0.717) is 29.5 Å². The minimum atomic E-state index is -0.320. The number of fused-ring (bicyclic) bond motifs is 1. The molecule has 0 unspecified atom stereocenters. The average molecular weight is 476 g/mol. The van der Waals surface area contributed by atoms with Crippen molar-refractivity contribution in [3.63, 3.8) is 0 Å². The molecule has 1 heterocycles. The SMILES string of the molecule is COc1ccc(CN(Cc2cc3ccc(C)c(C)c3[nH]c2=O)C(=S)Nc2ccc(F)cc2)cc1. The molecule has 4 rings (SSSR count). The predicted molar refractivity (Wildman–Crippen MR) is 139 cm³/mol. The van der Waals surface area contributed by atoms with E-state index in [4.69, 9.17) is 17.0 Å². The Morgan fingerprint density at radius 2 is 1.74 bits per heavy atom. The molecule has 0 amide bonds. The largest absolute Gasteiger partial charge is 0.497 e. The highest BCUT2D eigenvalue weighted by Crippen LogP contribution is 2.21. The third-order valence-corrected chi connectivity index (χ3v) is 6.26. The molecular formula is C27H26FN3O2S. The molecular weight excluding hydrogens is 449 g/mol. The molecule has 5 nitrogen and oxygen atoms in total. The number of benzene rings is 3. The van der Waals surface area contributed by atoms with Gasteiger partial charge in [-0.2, -0.15) is 0 Å². The molecule has 0 aliphatic heterocycles. The Hall–Kier alpha value is -3.71. The van der Waals surface area contributed by atoms with Crippen molar-refractivity contribution in [2.24, 2.45) is 0 Å². The maximum Gasteiger partial charge on any atom is 0.253 e. The summed E-state index contributed by atoms with van der Waals surface area (Å²) in [4.78, 5) is 17.9. The summed E-state index contributed by atoms with van der Waals surface area (Å²) in [6.07, 6.45) is 0. The van der Waals surface area contributed by atoms with Crippen LogP contribution in [0.2, 0.25) is 0 Å². The molecule has 0 aliphatic rings. The van der Waals surface area contributed by atoms with E-state index in [1.807, 2.05) is 55.1 Å². The number of rotatable bonds is 6. The maximum atomic E-state index is 13.3. The van der Waals surface area contributed by atoms with Gasteiger partial charge in [-0.1, -0.05) is 24.3 Å². The summed E-state index contributed by atoms with van der Waals surface area (Å²) in [5, 5.41) is 4.56. The van der Waals surface area contributed by atoms with Crippen LogP contribution < -0.4 is 15.6 Å². The van der Waals surface area contributed by atoms with Crippen molar-refractivity contribution in [1.82, 2.24) is 9.88 Å². The summed E-state index contributed by atoms with van der Waals surface area (Å²) in [5.74, 6) is 0.443. The Bertz CT molecular complexity index is 1380. The van der Waals surface area contributed by atoms with Crippen molar-refractivity contribution in [3.05, 3.63) is 105 Å². The van der Waals surface area contributed by atoms with Crippen LogP contribution in [0.1, 0.15) is 22.3 Å². The molecule has 3 aromatic carbocycles. The first-order chi connectivity index (χ1) is 16.3. The zero-order valence-electron chi connectivity index (χ0n) is 19.3. The Labute approximate surface area is 203 Å². The number of anilines is 1. The molecule has 0 fully saturated rings. The highest BCUT2D eigenvalue weighted by atomic mass is 32.1. The molecule has 0 saturated carbocycles. The lowest BCUT2D eigenvalue weighted by atomic mass is 10.0. The Morgan fingerprint density at radius 3 is 2.41 bits per heavy atom. The van der Waals surface area contributed by atoms with Gasteiger partial charge in [0.15, 0.2) is 5.11 Å². The molecule has 4 aromatic rings. The molecule has 0 saturated heterocycles. The number of aromatic amines is 1. The number of ether oxygens (including phenoxy) is 1. The van der Waals surface area contributed by atoms with Crippen LogP contribution in [0.25, 0.3) is 10.9 Å². The molecule has 0 spiro atoms. The highest BCUT2D eigenvalue weighted by Gasteiger charge is 2.15. The Balaban J connectivity index is 1.65. The molecule has 34 heavy (non-hydrogen) atoms. The first-order valence-corrected chi connectivity index (χ1v) is 11.3. The summed E-state index contributed by atoms with van der Waals surface area (Å²) >= 11 is 5.70. The first kappa shape index (κ1) is 23.4. The fourth-order valence-corrected chi connectivity index (χ4v) is 4.03. The monoisotopic (exact) mass is 475 g/mol. The molecule has 174 valence electrons. The number of aryl methyl sites for hydroxylation is 2. The molecule has 0 atom stereocenters. The van der Waals surface area contributed by atoms with Gasteiger partial charge in [0.05, 0.1) is 19.2 Å². The number of thiocarbonyl (C=S) groups is 1. The van der Waals surface area contributed by atoms with E-state index in [1.54, 1.807) is 19.2 Å². The lowest BCUT2D eigenvalue weighted by Crippen LogP contribution is -2.35. The van der Waals surface area contributed by atoms with Gasteiger partial charge in [-0.3, -0.25) is 4.79 Å². The molecule has 0 bridgehead atoms. The normalized spacial score (nSPS) is 10.8. The van der Waals surface area contributed by atoms with Crippen LogP contribution in [-0.2, 0) is 13.1 Å². The van der Waals surface area contributed by atoms with Crippen molar-refractivity contribution in [1.29, 1.82) is 0 Å². The lowest BCUT2D eigenvalue weighted by molar-refractivity contribution is 0.406. The van der Waals surface area contributed by atoms with Gasteiger partial charge in [0, 0.05) is 17.8 Å². The number of halogens is 1. The zero-order chi connectivity index (χ0) is 24.2. The van der Waals surface area contributed by atoms with E-state index in [2.05, 4.69) is 16.4 Å². The topological polar surface area (TPSA) is 57.4 Å². The van der Waals surface area contributed by atoms with Gasteiger partial charge in [-0.15, -0.1) is 0 Å². The third kappa shape index (κ3) is 5.26. The Morgan fingerprint density at radius 1 is 1.03 bits per heavy atom. The quantitative estimate of drug-likeness (QED) is 0.351. The summed E-state index contributed by atoms with van der Waals surface area (Å²) in [7, 11) is 1.62. The van der Waals surface area contributed by atoms with Crippen molar-refractivity contribution in [2.75, 3.05) is 12.4 Å². The predicted octanol–water partition coefficient (Wildman–Crippen LogP) is 5.69. The van der Waals surface area contributed by atoms with Crippen molar-refractivity contribution in [2.45, 2.75) is 26.9 Å². The minimum Gasteiger partial charge on any atom is -0.497 e. The van der Waals surface area contributed by atoms with E-state index in [1.165, 1.54) is 12.1 Å². The minimum absolute atomic E-state index is 0.148. The number of nitrogens with zero attached hydrogens (tertiary/aromatic N) is 1. The van der Waals surface area contributed by atoms with Crippen LogP contribution in [-0.4, -0.2) is 22.1 Å². The number of hydrogen-bond acceptors (Lipinski definition) is 3. The number of aromatic nitrogens is 1. The number of methoxy groups -OCH3 is 1. The number of H-pyrrole nitrogens is 1. The maximum absolute atomic E-state index is 13.3. The van der Waals surface area contributed by atoms with Crippen LogP contribution in [0.4, 0.5) is 10.1 Å². The summed E-state index contributed by atoms with van der Waals surface area (Å²) in [5.41, 5.74) is 5.17. The highest BCUT2D eigenvalue weighted by molar-refractivity contribution is 7.80. The summed E-state index contributed by atoms with van der Waals surface area (Å²) in [6, 6.07) is 19.7. The second-order valence-corrected chi connectivity index (χ2v) is 8.62. The van der Waals surface area contributed by atoms with Gasteiger partial charge in [0.2, 0.25) is 0 Å². The fourth-order valence-electron chi connectivity index (χ4n) is 3.78. The Kier molecular flexibility index (Phi) is 6.93. The smallest absolute Gasteiger partial charge is 0.253 e. The molecule has 7 heteroatoms. The standard InChI is InChI=1S/C27H26FN3O2S/c1-17-4-7-20-14-21(26(32)30-25(20)18(17)2)16-31(15-19-5-12-24(33-3)13-6-19)27(34)29-23-10-8-22(28)9-11-23/h4-14H,15-16H2,1-3H3,(H,29,34)(H,30,32). The van der Waals surface area contributed by atoms with Crippen molar-refractivity contribution >= 4 is 33.9 Å². The second kappa shape index (κ2) is 10.1. The van der Waals surface area contributed by atoms with Gasteiger partial charge in [0.25, 0.3) is 5.56 Å². The van der Waals surface area contributed by atoms with Crippen LogP contribution in [0.5, 0.6) is 5.75 Å². The van der Waals surface area contributed by atoms with Crippen LogP contribution >= 0.6 is 12.2 Å². The average Bonchev–Trinajstić information content (AvgIpc) is 2.84. The van der Waals surface area contributed by atoms with Crippen molar-refractivity contribution in [3.8, 4) is 5.75 Å². The van der Waals surface area contributed by atoms with Gasteiger partial charge in [-0.25, -0.2) is 4.39 Å². The fraction of sp³-hybridized carbons (Fsp3) is 0.185. The van der Waals surface area contributed by atoms with Crippen LogP contribution in [0, 0.1) is 19.7 Å². The first-order valence-electron chi connectivity index (χ1n) is 10.9. The van der Waals surface area contributed by atoms with E-state index < -0.39 is 0 Å². The molecule has 0 radical (unpaired) electrons. The molecule has 0 aliphatic carbocycles. The number of nitrogens with one attached hydrogen (secondary N) is 2. The van der Waals surface area contributed by atoms with E-state index in [0.717, 1.165) is 33.3 Å². The lowest BCUT2D eigenvalue weighted by Gasteiger charge is -2.26. The van der Waals surface area contributed by atoms with Gasteiger partial charge >= 0.3 is 0 Å². The van der Waals surface area contributed by atoms with Gasteiger partial charge in [-0.05, 0) is 90.6 Å². The van der Waals surface area contributed by atoms with Crippen LogP contribution in [0.15, 0.2) is 71.5 Å². The van der Waals surface area contributed by atoms with E-state index in [-0.39, 0.29) is 11.4 Å². The molecule has 2 N–H and O–H groups in total. The number of hydrogen-bond donors (Lipinski definition) is 2. The second-order valence-electron chi connectivity index (χ2n) is 8.24. The third-order valence-electron chi connectivity index (χ3n) is 5.90. The zero-order valence-corrected chi connectivity index (χ0v) is 20.1. The van der Waals surface area contributed by atoms with Crippen molar-refractivity contribution < 1.29 is 9.13 Å². The molecule has 1 aromatic heterocycles. The summed E-state index contributed by atoms with van der Waals surface area (Å²) in [6.45, 7) is 4.81. The van der Waals surface area contributed by atoms with E-state index in [9.17, 15) is 9.18 Å².